The summed E-state index contributed by atoms with van der Waals surface area (Å²) >= 11 is 0. The van der Waals surface area contributed by atoms with Gasteiger partial charge < -0.3 is 20.3 Å². The van der Waals surface area contributed by atoms with Crippen molar-refractivity contribution in [3.05, 3.63) is 0 Å². The van der Waals surface area contributed by atoms with Crippen LogP contribution < -0.4 is 5.73 Å². The standard InChI is InChI=1S/C14H27N3O3/c1-5-16(12(18)9-15)10-11-7-6-8-17(11)13(19)20-14(2,3)4/h11H,5-10,15H2,1-4H3/t11-/m0/s1. The van der Waals surface area contributed by atoms with E-state index in [0.29, 0.717) is 19.6 Å². The minimum atomic E-state index is -0.498. The number of likely N-dealkylation sites (N-methyl/N-ethyl adjacent to an activating group) is 1. The van der Waals surface area contributed by atoms with Crippen molar-refractivity contribution in [1.82, 2.24) is 9.80 Å². The second kappa shape index (κ2) is 6.92. The molecule has 0 bridgehead atoms. The number of nitrogens with two attached hydrogens (primary N) is 1. The molecule has 0 aliphatic carbocycles. The van der Waals surface area contributed by atoms with Crippen LogP contribution in [0.25, 0.3) is 0 Å². The fraction of sp³-hybridized carbons (Fsp3) is 0.857. The largest absolute Gasteiger partial charge is 0.444 e. The monoisotopic (exact) mass is 285 g/mol. The van der Waals surface area contributed by atoms with Gasteiger partial charge in [0.2, 0.25) is 5.91 Å². The highest BCUT2D eigenvalue weighted by atomic mass is 16.6. The number of rotatable bonds is 4. The van der Waals surface area contributed by atoms with Gasteiger partial charge in [-0.2, -0.15) is 0 Å². The van der Waals surface area contributed by atoms with Crippen molar-refractivity contribution in [1.29, 1.82) is 0 Å². The van der Waals surface area contributed by atoms with Crippen LogP contribution in [0.4, 0.5) is 4.79 Å². The van der Waals surface area contributed by atoms with Crippen LogP contribution in [0.2, 0.25) is 0 Å². The summed E-state index contributed by atoms with van der Waals surface area (Å²) < 4.78 is 5.41. The van der Waals surface area contributed by atoms with Crippen LogP contribution in [0, 0.1) is 0 Å². The summed E-state index contributed by atoms with van der Waals surface area (Å²) in [4.78, 5) is 27.3. The molecule has 2 amide bonds. The Kier molecular flexibility index (Phi) is 5.80. The van der Waals surface area contributed by atoms with Crippen molar-refractivity contribution in [2.45, 2.75) is 52.2 Å². The maximum atomic E-state index is 12.2. The first-order valence-corrected chi connectivity index (χ1v) is 7.26. The van der Waals surface area contributed by atoms with E-state index in [2.05, 4.69) is 0 Å². The fourth-order valence-corrected chi connectivity index (χ4v) is 2.38. The topological polar surface area (TPSA) is 75.9 Å². The molecule has 0 unspecified atom stereocenters. The van der Waals surface area contributed by atoms with Crippen LogP contribution in [-0.2, 0) is 9.53 Å². The minimum Gasteiger partial charge on any atom is -0.444 e. The molecule has 0 aromatic rings. The van der Waals surface area contributed by atoms with Gasteiger partial charge in [-0.25, -0.2) is 4.79 Å². The molecule has 0 saturated carbocycles. The number of hydrogen-bond donors (Lipinski definition) is 1. The third-order valence-electron chi connectivity index (χ3n) is 3.35. The van der Waals surface area contributed by atoms with E-state index in [-0.39, 0.29) is 24.6 Å². The lowest BCUT2D eigenvalue weighted by atomic mass is 10.2. The lowest BCUT2D eigenvalue weighted by molar-refractivity contribution is -0.130. The third-order valence-corrected chi connectivity index (χ3v) is 3.35. The van der Waals surface area contributed by atoms with Gasteiger partial charge in [0, 0.05) is 19.6 Å². The number of nitrogens with zero attached hydrogens (tertiary/aromatic N) is 2. The average molecular weight is 285 g/mol. The summed E-state index contributed by atoms with van der Waals surface area (Å²) in [5, 5.41) is 0. The normalized spacial score (nSPS) is 19.1. The number of ether oxygens (including phenoxy) is 1. The number of hydrogen-bond acceptors (Lipinski definition) is 4. The molecule has 1 aliphatic rings. The summed E-state index contributed by atoms with van der Waals surface area (Å²) in [7, 11) is 0. The molecule has 1 rings (SSSR count). The highest BCUT2D eigenvalue weighted by molar-refractivity contribution is 5.78. The lowest BCUT2D eigenvalue weighted by Crippen LogP contribution is -2.47. The summed E-state index contributed by atoms with van der Waals surface area (Å²) in [6.45, 7) is 9.31. The second-order valence-corrected chi connectivity index (χ2v) is 6.11. The maximum Gasteiger partial charge on any atom is 0.410 e. The Morgan fingerprint density at radius 1 is 1.40 bits per heavy atom. The minimum absolute atomic E-state index is 0.00694. The molecule has 116 valence electrons. The van der Waals surface area contributed by atoms with Gasteiger partial charge in [-0.1, -0.05) is 0 Å². The summed E-state index contributed by atoms with van der Waals surface area (Å²) in [6.07, 6.45) is 1.54. The molecular weight excluding hydrogens is 258 g/mol. The molecule has 1 aliphatic heterocycles. The van der Waals surface area contributed by atoms with Crippen LogP contribution >= 0.6 is 0 Å². The van der Waals surface area contributed by atoms with Gasteiger partial charge in [-0.3, -0.25) is 4.79 Å². The second-order valence-electron chi connectivity index (χ2n) is 6.11. The zero-order valence-electron chi connectivity index (χ0n) is 13.0. The van der Waals surface area contributed by atoms with Gasteiger partial charge in [0.25, 0.3) is 0 Å². The van der Waals surface area contributed by atoms with Crippen molar-refractivity contribution < 1.29 is 14.3 Å². The SMILES string of the molecule is CCN(C[C@@H]1CCCN1C(=O)OC(C)(C)C)C(=O)CN. The third kappa shape index (κ3) is 4.67. The van der Waals surface area contributed by atoms with Gasteiger partial charge in [0.1, 0.15) is 5.60 Å². The first-order chi connectivity index (χ1) is 9.28. The van der Waals surface area contributed by atoms with E-state index in [4.69, 9.17) is 10.5 Å². The van der Waals surface area contributed by atoms with E-state index in [1.54, 1.807) is 9.80 Å². The molecule has 0 radical (unpaired) electrons. The molecular formula is C14H27N3O3. The molecule has 1 saturated heterocycles. The van der Waals surface area contributed by atoms with Crippen LogP contribution in [0.15, 0.2) is 0 Å². The Morgan fingerprint density at radius 2 is 2.05 bits per heavy atom. The highest BCUT2D eigenvalue weighted by Crippen LogP contribution is 2.21. The predicted octanol–water partition coefficient (Wildman–Crippen LogP) is 1.19. The summed E-state index contributed by atoms with van der Waals surface area (Å²) in [5.41, 5.74) is 4.91. The van der Waals surface area contributed by atoms with Crippen LogP contribution in [0.3, 0.4) is 0 Å². The van der Waals surface area contributed by atoms with Crippen molar-refractivity contribution in [3.8, 4) is 0 Å². The number of likely N-dealkylation sites (tertiary alicyclic amines) is 1. The fourth-order valence-electron chi connectivity index (χ4n) is 2.38. The molecule has 0 spiro atoms. The first-order valence-electron chi connectivity index (χ1n) is 7.26. The zero-order chi connectivity index (χ0) is 15.3. The first kappa shape index (κ1) is 16.8. The van der Waals surface area contributed by atoms with E-state index < -0.39 is 5.60 Å². The quantitative estimate of drug-likeness (QED) is 0.842. The van der Waals surface area contributed by atoms with Crippen molar-refractivity contribution in [2.75, 3.05) is 26.2 Å². The van der Waals surface area contributed by atoms with Crippen molar-refractivity contribution in [3.63, 3.8) is 0 Å². The Balaban J connectivity index is 2.65. The maximum absolute atomic E-state index is 12.2. The Hall–Kier alpha value is -1.30. The summed E-state index contributed by atoms with van der Waals surface area (Å²) in [6, 6.07) is 0.0281. The smallest absolute Gasteiger partial charge is 0.410 e. The number of carbonyl (C=O) groups excluding carboxylic acids is 2. The molecule has 2 N–H and O–H groups in total. The van der Waals surface area contributed by atoms with Crippen molar-refractivity contribution >= 4 is 12.0 Å². The molecule has 1 heterocycles. The van der Waals surface area contributed by atoms with E-state index in [1.807, 2.05) is 27.7 Å². The van der Waals surface area contributed by atoms with Gasteiger partial charge in [0.05, 0.1) is 12.6 Å². The molecule has 6 heteroatoms. The number of carbonyl (C=O) groups is 2. The van der Waals surface area contributed by atoms with Crippen LogP contribution in [0.5, 0.6) is 0 Å². The Morgan fingerprint density at radius 3 is 2.55 bits per heavy atom. The highest BCUT2D eigenvalue weighted by Gasteiger charge is 2.33. The van der Waals surface area contributed by atoms with Gasteiger partial charge in [0.15, 0.2) is 0 Å². The van der Waals surface area contributed by atoms with E-state index in [9.17, 15) is 9.59 Å². The number of amides is 2. The van der Waals surface area contributed by atoms with Gasteiger partial charge in [-0.05, 0) is 40.5 Å². The predicted molar refractivity (Wildman–Crippen MR) is 77.3 cm³/mol. The van der Waals surface area contributed by atoms with Gasteiger partial charge in [-0.15, -0.1) is 0 Å². The molecule has 6 nitrogen and oxygen atoms in total. The molecule has 1 atom stereocenters. The van der Waals surface area contributed by atoms with E-state index >= 15 is 0 Å². The lowest BCUT2D eigenvalue weighted by Gasteiger charge is -2.31. The molecule has 0 aromatic heterocycles. The van der Waals surface area contributed by atoms with E-state index in [0.717, 1.165) is 12.8 Å². The summed E-state index contributed by atoms with van der Waals surface area (Å²) in [5.74, 6) is -0.0801. The molecule has 1 fully saturated rings. The van der Waals surface area contributed by atoms with Crippen LogP contribution in [0.1, 0.15) is 40.5 Å². The van der Waals surface area contributed by atoms with Crippen LogP contribution in [-0.4, -0.2) is 59.6 Å². The molecule has 0 aromatic carbocycles. The van der Waals surface area contributed by atoms with Gasteiger partial charge >= 0.3 is 6.09 Å². The Bertz CT molecular complexity index is 352. The average Bonchev–Trinajstić information content (AvgIpc) is 2.81. The molecule has 20 heavy (non-hydrogen) atoms. The Labute approximate surface area is 121 Å². The van der Waals surface area contributed by atoms with E-state index in [1.165, 1.54) is 0 Å². The van der Waals surface area contributed by atoms with Crippen molar-refractivity contribution in [2.24, 2.45) is 5.73 Å². The zero-order valence-corrected chi connectivity index (χ0v) is 13.0.